The third-order valence-corrected chi connectivity index (χ3v) is 8.48. The van der Waals surface area contributed by atoms with E-state index in [1.165, 1.54) is 6.07 Å². The van der Waals surface area contributed by atoms with E-state index in [0.717, 1.165) is 10.9 Å². The summed E-state index contributed by atoms with van der Waals surface area (Å²) in [5, 5.41) is 22.7. The van der Waals surface area contributed by atoms with E-state index < -0.39 is 77.9 Å². The van der Waals surface area contributed by atoms with Crippen LogP contribution in [0, 0.1) is 12.8 Å². The maximum Gasteiger partial charge on any atom is 0.408 e. The second-order valence-electron chi connectivity index (χ2n) is 15.7. The number of nitrogens with two attached hydrogens (primary N) is 4. The molecule has 0 bridgehead atoms. The number of amides is 6. The lowest BCUT2D eigenvalue weighted by Gasteiger charge is -2.26. The van der Waals surface area contributed by atoms with Gasteiger partial charge in [-0.25, -0.2) is 14.4 Å². The Balaban J connectivity index is 0.00000119. The highest BCUT2D eigenvalue weighted by molar-refractivity contribution is 5.95. The summed E-state index contributed by atoms with van der Waals surface area (Å²) in [7, 11) is 0. The molecule has 0 aliphatic rings. The van der Waals surface area contributed by atoms with Crippen molar-refractivity contribution in [1.29, 1.82) is 0 Å². The summed E-state index contributed by atoms with van der Waals surface area (Å²) in [4.78, 5) is 103. The van der Waals surface area contributed by atoms with Crippen LogP contribution >= 0.6 is 0 Å². The van der Waals surface area contributed by atoms with Crippen molar-refractivity contribution in [2.24, 2.45) is 28.1 Å². The molecular weight excluding hydrogens is 796 g/mol. The molecule has 0 radical (unpaired) electrons. The number of nitrogen functional groups attached to an aromatic ring is 1. The molecule has 4 atom stereocenters. The Labute approximate surface area is 354 Å². The molecule has 21 nitrogen and oxygen atoms in total. The van der Waals surface area contributed by atoms with Crippen molar-refractivity contribution < 1.29 is 47.8 Å². The number of unbranched alkanes of at least 4 members (excludes halogenated alkanes) is 1. The molecule has 61 heavy (non-hydrogen) atoms. The van der Waals surface area contributed by atoms with E-state index in [1.807, 2.05) is 19.9 Å². The minimum atomic E-state index is -1.31. The monoisotopic (exact) mass is 860 g/mol. The lowest BCUT2D eigenvalue weighted by Crippen LogP contribution is -2.57. The third-order valence-electron chi connectivity index (χ3n) is 8.48. The summed E-state index contributed by atoms with van der Waals surface area (Å²) >= 11 is 0. The second kappa shape index (κ2) is 25.9. The molecule has 1 aromatic heterocycles. The van der Waals surface area contributed by atoms with E-state index in [9.17, 15) is 43.5 Å². The average molecular weight is 861 g/mol. The molecule has 0 aliphatic heterocycles. The van der Waals surface area contributed by atoms with Crippen LogP contribution in [-0.2, 0) is 33.5 Å². The number of hydrogen-bond acceptors (Lipinski definition) is 12. The number of primary amides is 1. The van der Waals surface area contributed by atoms with E-state index in [-0.39, 0.29) is 62.6 Å². The van der Waals surface area contributed by atoms with Crippen LogP contribution in [0.25, 0.3) is 11.0 Å². The first-order chi connectivity index (χ1) is 28.4. The van der Waals surface area contributed by atoms with Gasteiger partial charge in [0.25, 0.3) is 0 Å². The number of aliphatic imine (C=N–C) groups is 1. The van der Waals surface area contributed by atoms with Crippen LogP contribution in [0.3, 0.4) is 0 Å². The highest BCUT2D eigenvalue weighted by Crippen LogP contribution is 2.18. The van der Waals surface area contributed by atoms with Gasteiger partial charge in [0.2, 0.25) is 29.5 Å². The topological polar surface area (TPSA) is 356 Å². The number of ether oxygens (including phenoxy) is 1. The molecule has 1 heterocycles. The number of nitrogens with one attached hydrogen (secondary N) is 5. The van der Waals surface area contributed by atoms with Crippen molar-refractivity contribution in [3.8, 4) is 0 Å². The molecule has 6 amide bonds. The Hall–Kier alpha value is -6.41. The summed E-state index contributed by atoms with van der Waals surface area (Å²) < 4.78 is 10.3. The van der Waals surface area contributed by atoms with Crippen LogP contribution in [0.2, 0.25) is 0 Å². The van der Waals surface area contributed by atoms with Crippen molar-refractivity contribution in [3.05, 3.63) is 40.2 Å². The van der Waals surface area contributed by atoms with Crippen molar-refractivity contribution in [2.45, 2.75) is 130 Å². The maximum absolute atomic E-state index is 13.4. The molecule has 0 saturated heterocycles. The molecule has 0 fully saturated rings. The maximum atomic E-state index is 13.4. The number of aryl methyl sites for hydroxylation is 1. The largest absolute Gasteiger partial charge is 0.480 e. The first-order valence-electron chi connectivity index (χ1n) is 20.0. The number of carbonyl (C=O) groups excluding carboxylic acids is 6. The average Bonchev–Trinajstić information content (AvgIpc) is 3.13. The molecule has 340 valence electrons. The fourth-order valence-corrected chi connectivity index (χ4v) is 5.57. The molecule has 2 aromatic rings. The van der Waals surface area contributed by atoms with Crippen molar-refractivity contribution in [1.82, 2.24) is 26.6 Å². The first-order valence-corrected chi connectivity index (χ1v) is 20.0. The second-order valence-corrected chi connectivity index (χ2v) is 15.7. The predicted octanol–water partition coefficient (Wildman–Crippen LogP) is 0.774. The molecule has 1 aromatic carbocycles. The SMILES string of the molecule is CCCCC(NC(=O)OC(C)(C)C)C(=O)NC(CCC(N)=O)C(=O)NC(CC(C)C)C(=O)NCC(=O)NC(CCCN=C(N)N)C(=O)O.Cc1cc(=O)oc2cc(N)ccc12. The number of aliphatic carboxylic acids is 1. The number of anilines is 1. The van der Waals surface area contributed by atoms with E-state index in [2.05, 4.69) is 31.6 Å². The van der Waals surface area contributed by atoms with E-state index in [4.69, 9.17) is 32.1 Å². The van der Waals surface area contributed by atoms with Gasteiger partial charge in [-0.2, -0.15) is 0 Å². The Morgan fingerprint density at radius 3 is 2.00 bits per heavy atom. The first kappa shape index (κ1) is 52.6. The summed E-state index contributed by atoms with van der Waals surface area (Å²) in [6, 6.07) is 1.98. The number of alkyl carbamates (subject to hydrolysis) is 1. The minimum absolute atomic E-state index is 0.0306. The lowest BCUT2D eigenvalue weighted by atomic mass is 10.0. The van der Waals surface area contributed by atoms with Gasteiger partial charge in [0.05, 0.1) is 6.54 Å². The Morgan fingerprint density at radius 2 is 1.44 bits per heavy atom. The quantitative estimate of drug-likeness (QED) is 0.0257. The molecule has 2 rings (SSSR count). The van der Waals surface area contributed by atoms with Crippen LogP contribution in [0.5, 0.6) is 0 Å². The lowest BCUT2D eigenvalue weighted by molar-refractivity contribution is -0.142. The zero-order chi connectivity index (χ0) is 46.4. The molecule has 21 heteroatoms. The molecule has 0 spiro atoms. The van der Waals surface area contributed by atoms with Crippen LogP contribution in [0.1, 0.15) is 98.5 Å². The fourth-order valence-electron chi connectivity index (χ4n) is 5.57. The highest BCUT2D eigenvalue weighted by atomic mass is 16.6. The summed E-state index contributed by atoms with van der Waals surface area (Å²) in [6.45, 7) is 11.9. The van der Waals surface area contributed by atoms with Crippen LogP contribution in [0.4, 0.5) is 10.5 Å². The molecular formula is C40H64N10O11. The van der Waals surface area contributed by atoms with Crippen molar-refractivity contribution in [3.63, 3.8) is 0 Å². The van der Waals surface area contributed by atoms with Crippen LogP contribution in [0.15, 0.2) is 38.5 Å². The van der Waals surface area contributed by atoms with Gasteiger partial charge in [-0.3, -0.25) is 29.0 Å². The van der Waals surface area contributed by atoms with Gasteiger partial charge in [-0.05, 0) is 83.4 Å². The number of carbonyl (C=O) groups is 7. The number of rotatable bonds is 22. The van der Waals surface area contributed by atoms with Gasteiger partial charge < -0.3 is 63.8 Å². The number of carboxylic acids is 1. The zero-order valence-electron chi connectivity index (χ0n) is 36.1. The van der Waals surface area contributed by atoms with Gasteiger partial charge in [-0.15, -0.1) is 0 Å². The van der Waals surface area contributed by atoms with Crippen LogP contribution in [-0.4, -0.2) is 95.5 Å². The summed E-state index contributed by atoms with van der Waals surface area (Å²) in [6.07, 6.45) is 0.676. The van der Waals surface area contributed by atoms with Gasteiger partial charge in [0.15, 0.2) is 5.96 Å². The number of carboxylic acid groups (broad SMARTS) is 1. The highest BCUT2D eigenvalue weighted by Gasteiger charge is 2.31. The van der Waals surface area contributed by atoms with Gasteiger partial charge in [0.1, 0.15) is 35.4 Å². The Bertz CT molecular complexity index is 1910. The molecule has 4 unspecified atom stereocenters. The standard InChI is InChI=1S/C30H55N9O9.C10H9NO2/c1-7-8-10-18(39-29(47)48-30(4,5)6)25(43)37-19(12-13-22(31)40)26(44)38-21(15-17(2)3)24(42)35-16-23(41)36-20(27(45)46)11-9-14-34-28(32)33;1-6-4-10(12)13-9-5-7(11)2-3-8(6)9/h17-21H,7-16H2,1-6H3,(H2,31,40)(H,35,42)(H,36,41)(H,37,43)(H,38,44)(H,39,47)(H,45,46)(H4,32,33,34);2-5H,11H2,1H3. The van der Waals surface area contributed by atoms with Crippen LogP contribution < -0.4 is 55.1 Å². The number of guanidine groups is 1. The Kier molecular flexibility index (Phi) is 22.4. The Morgan fingerprint density at radius 1 is 0.836 bits per heavy atom. The minimum Gasteiger partial charge on any atom is -0.480 e. The molecule has 0 saturated carbocycles. The van der Waals surface area contributed by atoms with Gasteiger partial charge >= 0.3 is 17.7 Å². The summed E-state index contributed by atoms with van der Waals surface area (Å²) in [5.41, 5.74) is 22.2. The van der Waals surface area contributed by atoms with Crippen molar-refractivity contribution >= 4 is 64.2 Å². The normalized spacial score (nSPS) is 12.9. The number of benzene rings is 1. The van der Waals surface area contributed by atoms with Gasteiger partial charge in [-0.1, -0.05) is 33.6 Å². The summed E-state index contributed by atoms with van der Waals surface area (Å²) in [5.74, 6) is -5.29. The number of hydrogen-bond donors (Lipinski definition) is 10. The molecule has 0 aliphatic carbocycles. The molecule has 14 N–H and O–H groups in total. The van der Waals surface area contributed by atoms with E-state index in [0.29, 0.717) is 24.1 Å². The van der Waals surface area contributed by atoms with Gasteiger partial charge in [0, 0.05) is 36.2 Å². The van der Waals surface area contributed by atoms with Crippen molar-refractivity contribution in [2.75, 3.05) is 18.8 Å². The van der Waals surface area contributed by atoms with E-state index in [1.54, 1.807) is 46.8 Å². The van der Waals surface area contributed by atoms with E-state index >= 15 is 0 Å². The fraction of sp³-hybridized carbons (Fsp3) is 0.575. The number of nitrogens with zero attached hydrogens (tertiary/aromatic N) is 1. The third kappa shape index (κ3) is 22.0. The smallest absolute Gasteiger partial charge is 0.408 e. The predicted molar refractivity (Wildman–Crippen MR) is 229 cm³/mol. The zero-order valence-corrected chi connectivity index (χ0v) is 36.1. The number of fused-ring (bicyclic) bond motifs is 1.